The van der Waals surface area contributed by atoms with Crippen molar-refractivity contribution in [2.45, 2.75) is 55.5 Å². The first-order chi connectivity index (χ1) is 19.7. The quantitative estimate of drug-likeness (QED) is 0.272. The first-order valence-corrected chi connectivity index (χ1v) is 13.7. The van der Waals surface area contributed by atoms with Gasteiger partial charge in [0, 0.05) is 29.4 Å². The highest BCUT2D eigenvalue weighted by molar-refractivity contribution is 5.69. The summed E-state index contributed by atoms with van der Waals surface area (Å²) < 4.78 is 67.1. The predicted molar refractivity (Wildman–Crippen MR) is 142 cm³/mol. The van der Waals surface area contributed by atoms with Crippen LogP contribution in [0, 0.1) is 5.95 Å². The van der Waals surface area contributed by atoms with Crippen molar-refractivity contribution < 1.29 is 27.0 Å². The summed E-state index contributed by atoms with van der Waals surface area (Å²) in [6.07, 6.45) is 3.02. The van der Waals surface area contributed by atoms with Gasteiger partial charge in [0.05, 0.1) is 31.7 Å². The Morgan fingerprint density at radius 1 is 1.02 bits per heavy atom. The molecule has 0 unspecified atom stereocenters. The zero-order chi connectivity index (χ0) is 28.5. The van der Waals surface area contributed by atoms with Crippen LogP contribution in [0.1, 0.15) is 60.6 Å². The minimum absolute atomic E-state index is 0.0119. The number of benzene rings is 1. The second-order valence-corrected chi connectivity index (χ2v) is 11.3. The monoisotopic (exact) mass is 568 g/mol. The average Bonchev–Trinajstić information content (AvgIpc) is 3.32. The third kappa shape index (κ3) is 4.34. The number of hydrogen-bond donors (Lipinski definition) is 0. The number of nitrogens with zero attached hydrogens (tertiary/aromatic N) is 6. The van der Waals surface area contributed by atoms with Gasteiger partial charge in [-0.25, -0.2) is 9.97 Å². The Labute approximate surface area is 233 Å². The van der Waals surface area contributed by atoms with Gasteiger partial charge in [-0.2, -0.15) is 32.2 Å². The van der Waals surface area contributed by atoms with Gasteiger partial charge in [0.15, 0.2) is 5.65 Å². The number of halogens is 4. The van der Waals surface area contributed by atoms with Gasteiger partial charge in [-0.05, 0) is 54.4 Å². The summed E-state index contributed by atoms with van der Waals surface area (Å²) >= 11 is 0. The highest BCUT2D eigenvalue weighted by atomic mass is 19.4. The molecule has 7 rings (SSSR count). The average molecular weight is 569 g/mol. The van der Waals surface area contributed by atoms with E-state index in [-0.39, 0.29) is 29.1 Å². The topological polar surface area (TPSA) is 77.7 Å². The summed E-state index contributed by atoms with van der Waals surface area (Å²) in [4.78, 5) is 14.2. The van der Waals surface area contributed by atoms with Crippen LogP contribution >= 0.6 is 0 Å². The van der Waals surface area contributed by atoms with E-state index in [1.165, 1.54) is 25.3 Å². The van der Waals surface area contributed by atoms with Crippen molar-refractivity contribution >= 4 is 11.3 Å². The van der Waals surface area contributed by atoms with Crippen LogP contribution in [0.25, 0.3) is 16.9 Å². The van der Waals surface area contributed by atoms with Gasteiger partial charge in [0.2, 0.25) is 11.8 Å². The Hall–Kier alpha value is -3.96. The van der Waals surface area contributed by atoms with Gasteiger partial charge in [-0.1, -0.05) is 25.0 Å². The van der Waals surface area contributed by atoms with Gasteiger partial charge >= 0.3 is 12.2 Å². The van der Waals surface area contributed by atoms with Crippen LogP contribution in [0.5, 0.6) is 11.9 Å². The number of anilines is 1. The fraction of sp³-hybridized carbons (Fsp3) is 0.448. The smallest absolute Gasteiger partial charge is 0.405 e. The summed E-state index contributed by atoms with van der Waals surface area (Å²) in [5.74, 6) is -0.342. The molecule has 2 fully saturated rings. The van der Waals surface area contributed by atoms with Gasteiger partial charge in [-0.15, -0.1) is 0 Å². The Kier molecular flexibility index (Phi) is 5.88. The molecule has 1 aromatic carbocycles. The summed E-state index contributed by atoms with van der Waals surface area (Å²) in [6.45, 7) is -0.542. The van der Waals surface area contributed by atoms with Crippen molar-refractivity contribution in [1.29, 1.82) is 0 Å². The van der Waals surface area contributed by atoms with Gasteiger partial charge < -0.3 is 14.4 Å². The second-order valence-electron chi connectivity index (χ2n) is 11.3. The van der Waals surface area contributed by atoms with Gasteiger partial charge in [0.25, 0.3) is 0 Å². The van der Waals surface area contributed by atoms with Gasteiger partial charge in [0.1, 0.15) is 6.54 Å². The molecule has 41 heavy (non-hydrogen) atoms. The van der Waals surface area contributed by atoms with E-state index in [1.807, 2.05) is 18.2 Å². The summed E-state index contributed by atoms with van der Waals surface area (Å²) in [5, 5.41) is 4.43. The number of imidazole rings is 1. The predicted octanol–water partition coefficient (Wildman–Crippen LogP) is 5.81. The Morgan fingerprint density at radius 3 is 2.56 bits per heavy atom. The molecule has 214 valence electrons. The SMILES string of the molecule is COc1ncc(-c2cc([C@H]3C[C@@H]3c3ccc4c(c3)N(CC(F)(F)F)CC43CCCC3)c3ncc(F)n3n2)c(OC)n1. The van der Waals surface area contributed by atoms with Crippen molar-refractivity contribution in [3.05, 3.63) is 59.3 Å². The number of alkyl halides is 3. The maximum atomic E-state index is 14.8. The number of methoxy groups -OCH3 is 2. The molecule has 1 aliphatic heterocycles. The zero-order valence-electron chi connectivity index (χ0n) is 22.6. The zero-order valence-corrected chi connectivity index (χ0v) is 22.6. The van der Waals surface area contributed by atoms with Crippen molar-refractivity contribution in [2.24, 2.45) is 0 Å². The number of ether oxygens (including phenoxy) is 2. The fourth-order valence-corrected chi connectivity index (χ4v) is 6.92. The third-order valence-electron chi connectivity index (χ3n) is 8.81. The molecule has 0 bridgehead atoms. The van der Waals surface area contributed by atoms with Crippen molar-refractivity contribution in [3.63, 3.8) is 0 Å². The lowest BCUT2D eigenvalue weighted by molar-refractivity contribution is -0.119. The molecular formula is C29H28F4N6O2. The Morgan fingerprint density at radius 2 is 1.83 bits per heavy atom. The number of rotatable bonds is 6. The molecule has 0 radical (unpaired) electrons. The first-order valence-electron chi connectivity index (χ1n) is 13.7. The van der Waals surface area contributed by atoms with Crippen molar-refractivity contribution in [2.75, 3.05) is 32.2 Å². The summed E-state index contributed by atoms with van der Waals surface area (Å²) in [6, 6.07) is 8.02. The van der Waals surface area contributed by atoms with E-state index in [9.17, 15) is 17.6 Å². The molecule has 3 aliphatic rings. The lowest BCUT2D eigenvalue weighted by atomic mass is 9.80. The fourth-order valence-electron chi connectivity index (χ4n) is 6.92. The minimum Gasteiger partial charge on any atom is -0.480 e. The van der Waals surface area contributed by atoms with Crippen LogP contribution in [-0.2, 0) is 5.41 Å². The molecule has 0 amide bonds. The molecular weight excluding hydrogens is 540 g/mol. The van der Waals surface area contributed by atoms with E-state index >= 15 is 0 Å². The molecule has 4 heterocycles. The molecule has 4 aromatic rings. The standard InChI is InChI=1S/C29H28F4N6O2/c1-40-26-20(12-35-27(36-26)41-2)22-11-19(25-34-13-24(30)39(25)37-22)18-10-17(18)16-5-6-21-23(9-16)38(15-29(31,32)33)14-28(21)7-3-4-8-28/h5-6,9,11-13,17-18H,3-4,7-8,10,14-15H2,1-2H3/t17-,18+/m1/s1. The Balaban J connectivity index is 1.26. The second kappa shape index (κ2) is 9.28. The maximum absolute atomic E-state index is 14.8. The van der Waals surface area contributed by atoms with Crippen LogP contribution in [0.2, 0.25) is 0 Å². The molecule has 2 aliphatic carbocycles. The molecule has 2 atom stereocenters. The molecule has 1 spiro atoms. The van der Waals surface area contributed by atoms with E-state index in [1.54, 1.807) is 0 Å². The normalized spacial score (nSPS) is 21.1. The van der Waals surface area contributed by atoms with Crippen molar-refractivity contribution in [1.82, 2.24) is 24.6 Å². The van der Waals surface area contributed by atoms with E-state index in [0.29, 0.717) is 29.1 Å². The lowest BCUT2D eigenvalue weighted by Crippen LogP contribution is -2.37. The lowest BCUT2D eigenvalue weighted by Gasteiger charge is -2.26. The van der Waals surface area contributed by atoms with Crippen LogP contribution in [0.15, 0.2) is 36.7 Å². The number of hydrogen-bond acceptors (Lipinski definition) is 7. The van der Waals surface area contributed by atoms with Crippen LogP contribution < -0.4 is 14.4 Å². The molecule has 0 saturated heterocycles. The van der Waals surface area contributed by atoms with Crippen LogP contribution in [0.3, 0.4) is 0 Å². The Bertz CT molecular complexity index is 1650. The largest absolute Gasteiger partial charge is 0.480 e. The van der Waals surface area contributed by atoms with E-state index in [2.05, 4.69) is 26.1 Å². The highest BCUT2D eigenvalue weighted by Gasteiger charge is 2.48. The minimum atomic E-state index is -4.28. The molecule has 0 N–H and O–H groups in total. The molecule has 12 heteroatoms. The third-order valence-corrected chi connectivity index (χ3v) is 8.81. The first kappa shape index (κ1) is 26.0. The van der Waals surface area contributed by atoms with E-state index in [0.717, 1.165) is 59.5 Å². The van der Waals surface area contributed by atoms with E-state index in [4.69, 9.17) is 9.47 Å². The maximum Gasteiger partial charge on any atom is 0.405 e. The van der Waals surface area contributed by atoms with E-state index < -0.39 is 18.7 Å². The van der Waals surface area contributed by atoms with Gasteiger partial charge in [-0.3, -0.25) is 0 Å². The molecule has 2 saturated carbocycles. The number of fused-ring (bicyclic) bond motifs is 3. The number of aromatic nitrogens is 5. The van der Waals surface area contributed by atoms with Crippen molar-refractivity contribution in [3.8, 4) is 23.1 Å². The summed E-state index contributed by atoms with van der Waals surface area (Å²) in [5.41, 5.74) is 4.58. The van der Waals surface area contributed by atoms with Crippen LogP contribution in [0.4, 0.5) is 23.2 Å². The molecule has 8 nitrogen and oxygen atoms in total. The van der Waals surface area contributed by atoms with Crippen LogP contribution in [-0.4, -0.2) is 58.1 Å². The highest BCUT2D eigenvalue weighted by Crippen LogP contribution is 2.58. The summed E-state index contributed by atoms with van der Waals surface area (Å²) in [7, 11) is 2.91. The molecule has 3 aromatic heterocycles.